The highest BCUT2D eigenvalue weighted by molar-refractivity contribution is 7.21. The lowest BCUT2D eigenvalue weighted by atomic mass is 10.2. The highest BCUT2D eigenvalue weighted by Gasteiger charge is 2.14. The summed E-state index contributed by atoms with van der Waals surface area (Å²) in [6, 6.07) is 20.7. The van der Waals surface area contributed by atoms with Crippen molar-refractivity contribution >= 4 is 33.1 Å². The highest BCUT2D eigenvalue weighted by Crippen LogP contribution is 2.35. The minimum atomic E-state index is -0.305. The van der Waals surface area contributed by atoms with Crippen molar-refractivity contribution in [3.05, 3.63) is 66.7 Å². The molecule has 30 heavy (non-hydrogen) atoms. The SMILES string of the molecule is COc1ccc(OC)c(NC(=O)COc2ccccc2-c2nc3ccccc3s2)c1. The van der Waals surface area contributed by atoms with Gasteiger partial charge in [-0.15, -0.1) is 11.3 Å². The topological polar surface area (TPSA) is 69.7 Å². The van der Waals surface area contributed by atoms with Gasteiger partial charge in [-0.25, -0.2) is 4.98 Å². The van der Waals surface area contributed by atoms with Crippen molar-refractivity contribution in [1.29, 1.82) is 0 Å². The van der Waals surface area contributed by atoms with Gasteiger partial charge in [0, 0.05) is 6.07 Å². The fourth-order valence-corrected chi connectivity index (χ4v) is 3.99. The zero-order chi connectivity index (χ0) is 20.9. The minimum absolute atomic E-state index is 0.151. The fourth-order valence-electron chi connectivity index (χ4n) is 3.00. The van der Waals surface area contributed by atoms with Crippen molar-refractivity contribution in [3.63, 3.8) is 0 Å². The molecule has 0 atom stereocenters. The molecule has 1 heterocycles. The van der Waals surface area contributed by atoms with Crippen LogP contribution in [-0.2, 0) is 4.79 Å². The first-order valence-corrected chi connectivity index (χ1v) is 10.1. The van der Waals surface area contributed by atoms with Gasteiger partial charge in [-0.2, -0.15) is 0 Å². The molecule has 1 N–H and O–H groups in total. The van der Waals surface area contributed by atoms with E-state index < -0.39 is 0 Å². The number of para-hydroxylation sites is 2. The van der Waals surface area contributed by atoms with Crippen LogP contribution in [0.5, 0.6) is 17.2 Å². The Labute approximate surface area is 178 Å². The van der Waals surface area contributed by atoms with Crippen LogP contribution in [0, 0.1) is 0 Å². The monoisotopic (exact) mass is 420 g/mol. The lowest BCUT2D eigenvalue weighted by molar-refractivity contribution is -0.118. The summed E-state index contributed by atoms with van der Waals surface area (Å²) < 4.78 is 17.4. The first-order chi connectivity index (χ1) is 14.7. The maximum Gasteiger partial charge on any atom is 0.262 e. The van der Waals surface area contributed by atoms with Crippen LogP contribution in [0.2, 0.25) is 0 Å². The number of nitrogens with one attached hydrogen (secondary N) is 1. The largest absolute Gasteiger partial charge is 0.497 e. The van der Waals surface area contributed by atoms with E-state index in [1.54, 1.807) is 43.8 Å². The molecule has 152 valence electrons. The number of ether oxygens (including phenoxy) is 3. The van der Waals surface area contributed by atoms with Crippen LogP contribution in [0.15, 0.2) is 66.7 Å². The average Bonchev–Trinajstić information content (AvgIpc) is 3.22. The Morgan fingerprint density at radius 2 is 1.77 bits per heavy atom. The predicted octanol–water partition coefficient (Wildman–Crippen LogP) is 5.00. The van der Waals surface area contributed by atoms with Gasteiger partial charge in [0.05, 0.1) is 35.7 Å². The molecular weight excluding hydrogens is 400 g/mol. The summed E-state index contributed by atoms with van der Waals surface area (Å²) in [7, 11) is 3.11. The number of carbonyl (C=O) groups is 1. The second kappa shape index (κ2) is 8.84. The second-order valence-electron chi connectivity index (χ2n) is 6.39. The Balaban J connectivity index is 1.50. The zero-order valence-corrected chi connectivity index (χ0v) is 17.4. The van der Waals surface area contributed by atoms with Crippen molar-refractivity contribution < 1.29 is 19.0 Å². The number of anilines is 1. The van der Waals surface area contributed by atoms with E-state index in [1.165, 1.54) is 0 Å². The molecule has 0 fully saturated rings. The van der Waals surface area contributed by atoms with Crippen molar-refractivity contribution in [1.82, 2.24) is 4.98 Å². The molecule has 6 nitrogen and oxygen atoms in total. The molecular formula is C23H20N2O4S. The van der Waals surface area contributed by atoms with Gasteiger partial charge in [-0.3, -0.25) is 4.79 Å². The zero-order valence-electron chi connectivity index (χ0n) is 16.5. The Morgan fingerprint density at radius 3 is 2.57 bits per heavy atom. The van der Waals surface area contributed by atoms with Crippen LogP contribution in [-0.4, -0.2) is 31.7 Å². The molecule has 0 radical (unpaired) electrons. The van der Waals surface area contributed by atoms with Gasteiger partial charge in [0.15, 0.2) is 6.61 Å². The number of amides is 1. The summed E-state index contributed by atoms with van der Waals surface area (Å²) in [5.41, 5.74) is 2.31. The van der Waals surface area contributed by atoms with Gasteiger partial charge in [-0.1, -0.05) is 24.3 Å². The molecule has 0 bridgehead atoms. The average molecular weight is 420 g/mol. The molecule has 0 aliphatic heterocycles. The third-order valence-electron chi connectivity index (χ3n) is 4.45. The Bertz CT molecular complexity index is 1160. The number of thiazole rings is 1. The lowest BCUT2D eigenvalue weighted by Crippen LogP contribution is -2.20. The van der Waals surface area contributed by atoms with E-state index in [9.17, 15) is 4.79 Å². The van der Waals surface area contributed by atoms with E-state index >= 15 is 0 Å². The van der Waals surface area contributed by atoms with E-state index in [4.69, 9.17) is 14.2 Å². The molecule has 1 aromatic heterocycles. The number of nitrogens with zero attached hydrogens (tertiary/aromatic N) is 1. The lowest BCUT2D eigenvalue weighted by Gasteiger charge is -2.13. The standard InChI is InChI=1S/C23H20N2O4S/c1-27-15-11-12-20(28-2)18(13-15)24-22(26)14-29-19-9-5-3-7-16(19)23-25-17-8-4-6-10-21(17)30-23/h3-13H,14H2,1-2H3,(H,24,26). The number of hydrogen-bond donors (Lipinski definition) is 1. The summed E-state index contributed by atoms with van der Waals surface area (Å²) in [5, 5.41) is 3.65. The van der Waals surface area contributed by atoms with Crippen molar-refractivity contribution in [2.45, 2.75) is 0 Å². The van der Waals surface area contributed by atoms with Crippen LogP contribution < -0.4 is 19.5 Å². The minimum Gasteiger partial charge on any atom is -0.497 e. The van der Waals surface area contributed by atoms with Crippen LogP contribution in [0.3, 0.4) is 0 Å². The molecule has 0 unspecified atom stereocenters. The van der Waals surface area contributed by atoms with Gasteiger partial charge in [-0.05, 0) is 36.4 Å². The maximum atomic E-state index is 12.5. The molecule has 0 aliphatic carbocycles. The van der Waals surface area contributed by atoms with Crippen molar-refractivity contribution in [3.8, 4) is 27.8 Å². The van der Waals surface area contributed by atoms with Crippen molar-refractivity contribution in [2.24, 2.45) is 0 Å². The van der Waals surface area contributed by atoms with Gasteiger partial charge < -0.3 is 19.5 Å². The predicted molar refractivity (Wildman–Crippen MR) is 119 cm³/mol. The quantitative estimate of drug-likeness (QED) is 0.456. The van der Waals surface area contributed by atoms with Crippen LogP contribution in [0.1, 0.15) is 0 Å². The fraction of sp³-hybridized carbons (Fsp3) is 0.130. The molecule has 7 heteroatoms. The smallest absolute Gasteiger partial charge is 0.262 e. The number of carbonyl (C=O) groups excluding carboxylic acids is 1. The van der Waals surface area contributed by atoms with E-state index in [0.29, 0.717) is 22.9 Å². The number of fused-ring (bicyclic) bond motifs is 1. The number of rotatable bonds is 7. The van der Waals surface area contributed by atoms with Gasteiger partial charge in [0.1, 0.15) is 22.3 Å². The van der Waals surface area contributed by atoms with E-state index in [2.05, 4.69) is 10.3 Å². The van der Waals surface area contributed by atoms with Crippen molar-refractivity contribution in [2.75, 3.05) is 26.1 Å². The first kappa shape index (κ1) is 19.7. The van der Waals surface area contributed by atoms with Crippen LogP contribution >= 0.6 is 11.3 Å². The Kier molecular flexibility index (Phi) is 5.81. The summed E-state index contributed by atoms with van der Waals surface area (Å²) in [6.07, 6.45) is 0. The van der Waals surface area contributed by atoms with E-state index in [0.717, 1.165) is 20.8 Å². The van der Waals surface area contributed by atoms with Gasteiger partial charge in [0.25, 0.3) is 5.91 Å². The summed E-state index contributed by atoms with van der Waals surface area (Å²) in [6.45, 7) is -0.151. The number of benzene rings is 3. The summed E-state index contributed by atoms with van der Waals surface area (Å²) in [5.74, 6) is 1.46. The molecule has 4 rings (SSSR count). The Morgan fingerprint density at radius 1 is 0.967 bits per heavy atom. The number of methoxy groups -OCH3 is 2. The second-order valence-corrected chi connectivity index (χ2v) is 7.42. The van der Waals surface area contributed by atoms with Gasteiger partial charge in [0.2, 0.25) is 0 Å². The summed E-state index contributed by atoms with van der Waals surface area (Å²) in [4.78, 5) is 17.2. The molecule has 0 saturated carbocycles. The molecule has 4 aromatic rings. The highest BCUT2D eigenvalue weighted by atomic mass is 32.1. The van der Waals surface area contributed by atoms with Crippen LogP contribution in [0.4, 0.5) is 5.69 Å². The molecule has 0 aliphatic rings. The molecule has 0 saturated heterocycles. The van der Waals surface area contributed by atoms with E-state index in [-0.39, 0.29) is 12.5 Å². The third kappa shape index (κ3) is 4.21. The van der Waals surface area contributed by atoms with Crippen LogP contribution in [0.25, 0.3) is 20.8 Å². The third-order valence-corrected chi connectivity index (χ3v) is 5.52. The number of aromatic nitrogens is 1. The maximum absolute atomic E-state index is 12.5. The molecule has 1 amide bonds. The van der Waals surface area contributed by atoms with Gasteiger partial charge >= 0.3 is 0 Å². The van der Waals surface area contributed by atoms with E-state index in [1.807, 2.05) is 48.5 Å². The normalized spacial score (nSPS) is 10.6. The molecule has 3 aromatic carbocycles. The molecule has 0 spiro atoms. The first-order valence-electron chi connectivity index (χ1n) is 9.27. The number of hydrogen-bond acceptors (Lipinski definition) is 6. The Hall–Kier alpha value is -3.58. The summed E-state index contributed by atoms with van der Waals surface area (Å²) >= 11 is 1.59.